The van der Waals surface area contributed by atoms with E-state index < -0.39 is 5.82 Å². The Balaban J connectivity index is 1.74. The second kappa shape index (κ2) is 9.13. The zero-order valence-electron chi connectivity index (χ0n) is 14.4. The van der Waals surface area contributed by atoms with Gasteiger partial charge < -0.3 is 10.1 Å². The fourth-order valence-electron chi connectivity index (χ4n) is 2.47. The molecule has 2 aromatic rings. The summed E-state index contributed by atoms with van der Waals surface area (Å²) in [5, 5.41) is 2.82. The number of ether oxygens (including phenoxy) is 1. The van der Waals surface area contributed by atoms with Crippen LogP contribution in [0.15, 0.2) is 42.5 Å². The predicted molar refractivity (Wildman–Crippen MR) is 92.4 cm³/mol. The highest BCUT2D eigenvalue weighted by Gasteiger charge is 2.09. The highest BCUT2D eigenvalue weighted by Crippen LogP contribution is 2.18. The number of nitrogens with one attached hydrogen (secondary N) is 1. The fraction of sp³-hybridized carbons (Fsp3) is 0.316. The van der Waals surface area contributed by atoms with Crippen molar-refractivity contribution >= 4 is 5.91 Å². The maximum absolute atomic E-state index is 13.7. The van der Waals surface area contributed by atoms with Crippen LogP contribution in [0.25, 0.3) is 0 Å². The number of carbonyl (C=O) groups excluding carboxylic acids is 1. The molecule has 134 valence electrons. The Kier molecular flexibility index (Phi) is 6.89. The molecule has 25 heavy (non-hydrogen) atoms. The largest absolute Gasteiger partial charge is 0.494 e. The van der Waals surface area contributed by atoms with Crippen molar-refractivity contribution in [1.82, 2.24) is 10.2 Å². The molecule has 0 saturated heterocycles. The Hall–Kier alpha value is -2.47. The van der Waals surface area contributed by atoms with Gasteiger partial charge in [0.1, 0.15) is 5.82 Å². The predicted octanol–water partition coefficient (Wildman–Crippen LogP) is 2.76. The third-order valence-electron chi connectivity index (χ3n) is 3.73. The summed E-state index contributed by atoms with van der Waals surface area (Å²) in [5.41, 5.74) is 1.73. The lowest BCUT2D eigenvalue weighted by molar-refractivity contribution is -0.122. The first kappa shape index (κ1) is 18.9. The van der Waals surface area contributed by atoms with Crippen LogP contribution < -0.4 is 10.1 Å². The number of halogens is 2. The van der Waals surface area contributed by atoms with Gasteiger partial charge in [0.05, 0.1) is 13.7 Å². The van der Waals surface area contributed by atoms with E-state index in [9.17, 15) is 13.6 Å². The molecular weight excluding hydrogens is 326 g/mol. The summed E-state index contributed by atoms with van der Waals surface area (Å²) in [6.07, 6.45) is 0.638. The lowest BCUT2D eigenvalue weighted by atomic mass is 10.1. The van der Waals surface area contributed by atoms with Crippen LogP contribution in [-0.4, -0.2) is 38.1 Å². The van der Waals surface area contributed by atoms with Gasteiger partial charge in [-0.25, -0.2) is 8.78 Å². The van der Waals surface area contributed by atoms with E-state index in [1.807, 2.05) is 0 Å². The Morgan fingerprint density at radius 2 is 1.80 bits per heavy atom. The number of carbonyl (C=O) groups is 1. The van der Waals surface area contributed by atoms with Gasteiger partial charge in [0, 0.05) is 13.1 Å². The number of rotatable bonds is 8. The molecule has 0 aliphatic carbocycles. The van der Waals surface area contributed by atoms with E-state index in [0.29, 0.717) is 19.5 Å². The van der Waals surface area contributed by atoms with Crippen molar-refractivity contribution in [2.45, 2.75) is 13.0 Å². The topological polar surface area (TPSA) is 41.6 Å². The Morgan fingerprint density at radius 1 is 1.12 bits per heavy atom. The highest BCUT2D eigenvalue weighted by atomic mass is 19.1. The lowest BCUT2D eigenvalue weighted by Gasteiger charge is -2.17. The maximum Gasteiger partial charge on any atom is 0.234 e. The van der Waals surface area contributed by atoms with Crippen LogP contribution in [0.5, 0.6) is 5.75 Å². The molecule has 0 spiro atoms. The van der Waals surface area contributed by atoms with Crippen molar-refractivity contribution in [3.8, 4) is 5.75 Å². The van der Waals surface area contributed by atoms with Gasteiger partial charge in [-0.1, -0.05) is 18.2 Å². The molecule has 1 amide bonds. The first-order valence-electron chi connectivity index (χ1n) is 8.00. The standard InChI is InChI=1S/C19H22F2N2O2/c1-23(12-15-5-8-18(25-2)17(21)11-15)13-19(24)22-10-9-14-3-6-16(20)7-4-14/h3-8,11H,9-10,12-13H2,1-2H3,(H,22,24). The van der Waals surface area contributed by atoms with Crippen LogP contribution in [-0.2, 0) is 17.8 Å². The van der Waals surface area contributed by atoms with E-state index in [0.717, 1.165) is 11.1 Å². The molecule has 0 saturated carbocycles. The maximum atomic E-state index is 13.7. The minimum absolute atomic E-state index is 0.112. The van der Waals surface area contributed by atoms with Gasteiger partial charge in [-0.15, -0.1) is 0 Å². The number of benzene rings is 2. The monoisotopic (exact) mass is 348 g/mol. The van der Waals surface area contributed by atoms with E-state index in [1.54, 1.807) is 36.2 Å². The van der Waals surface area contributed by atoms with Gasteiger partial charge in [-0.3, -0.25) is 9.69 Å². The van der Waals surface area contributed by atoms with Crippen LogP contribution >= 0.6 is 0 Å². The van der Waals surface area contributed by atoms with Crippen molar-refractivity contribution in [2.24, 2.45) is 0 Å². The summed E-state index contributed by atoms with van der Waals surface area (Å²) in [6.45, 7) is 1.14. The zero-order chi connectivity index (χ0) is 18.2. The van der Waals surface area contributed by atoms with E-state index in [2.05, 4.69) is 5.32 Å². The van der Waals surface area contributed by atoms with Crippen LogP contribution in [0.4, 0.5) is 8.78 Å². The quantitative estimate of drug-likeness (QED) is 0.798. The number of hydrogen-bond donors (Lipinski definition) is 1. The molecule has 1 N–H and O–H groups in total. The van der Waals surface area contributed by atoms with E-state index in [-0.39, 0.29) is 24.0 Å². The molecule has 0 heterocycles. The molecule has 6 heteroatoms. The second-order valence-electron chi connectivity index (χ2n) is 5.87. The summed E-state index contributed by atoms with van der Waals surface area (Å²) in [5.74, 6) is -0.606. The first-order valence-corrected chi connectivity index (χ1v) is 8.00. The number of likely N-dealkylation sites (N-methyl/N-ethyl adjacent to an activating group) is 1. The summed E-state index contributed by atoms with van der Waals surface area (Å²) in [4.78, 5) is 13.7. The molecule has 2 rings (SSSR count). The van der Waals surface area contributed by atoms with Crippen LogP contribution in [0, 0.1) is 11.6 Å². The highest BCUT2D eigenvalue weighted by molar-refractivity contribution is 5.77. The number of methoxy groups -OCH3 is 1. The van der Waals surface area contributed by atoms with Crippen molar-refractivity contribution < 1.29 is 18.3 Å². The molecule has 0 aromatic heterocycles. The number of amides is 1. The zero-order valence-corrected chi connectivity index (χ0v) is 14.4. The normalized spacial score (nSPS) is 10.8. The molecule has 0 atom stereocenters. The van der Waals surface area contributed by atoms with E-state index in [1.165, 1.54) is 25.3 Å². The van der Waals surface area contributed by atoms with Crippen molar-refractivity contribution in [3.05, 3.63) is 65.2 Å². The summed E-state index contributed by atoms with van der Waals surface area (Å²) >= 11 is 0. The fourth-order valence-corrected chi connectivity index (χ4v) is 2.47. The number of hydrogen-bond acceptors (Lipinski definition) is 3. The SMILES string of the molecule is COc1ccc(CN(C)CC(=O)NCCc2ccc(F)cc2)cc1F. The van der Waals surface area contributed by atoms with Crippen molar-refractivity contribution in [3.63, 3.8) is 0 Å². The smallest absolute Gasteiger partial charge is 0.234 e. The van der Waals surface area contributed by atoms with Gasteiger partial charge in [0.2, 0.25) is 5.91 Å². The minimum Gasteiger partial charge on any atom is -0.494 e. The van der Waals surface area contributed by atoms with Crippen molar-refractivity contribution in [1.29, 1.82) is 0 Å². The molecule has 0 unspecified atom stereocenters. The van der Waals surface area contributed by atoms with Gasteiger partial charge in [0.25, 0.3) is 0 Å². The average molecular weight is 348 g/mol. The van der Waals surface area contributed by atoms with E-state index >= 15 is 0 Å². The number of nitrogens with zero attached hydrogens (tertiary/aromatic N) is 1. The molecule has 2 aromatic carbocycles. The Bertz CT molecular complexity index is 705. The van der Waals surface area contributed by atoms with Gasteiger partial charge >= 0.3 is 0 Å². The summed E-state index contributed by atoms with van der Waals surface area (Å²) in [7, 11) is 3.21. The van der Waals surface area contributed by atoms with Crippen LogP contribution in [0.2, 0.25) is 0 Å². The Labute approximate surface area is 146 Å². The molecular formula is C19H22F2N2O2. The van der Waals surface area contributed by atoms with Gasteiger partial charge in [-0.2, -0.15) is 0 Å². The lowest BCUT2D eigenvalue weighted by Crippen LogP contribution is -2.35. The van der Waals surface area contributed by atoms with Gasteiger partial charge in [0.15, 0.2) is 11.6 Å². The molecule has 0 fully saturated rings. The Morgan fingerprint density at radius 3 is 2.44 bits per heavy atom. The molecule has 4 nitrogen and oxygen atoms in total. The van der Waals surface area contributed by atoms with Crippen LogP contribution in [0.3, 0.4) is 0 Å². The van der Waals surface area contributed by atoms with E-state index in [4.69, 9.17) is 4.74 Å². The first-order chi connectivity index (χ1) is 12.0. The summed E-state index contributed by atoms with van der Waals surface area (Å²) < 4.78 is 31.4. The van der Waals surface area contributed by atoms with Gasteiger partial charge in [-0.05, 0) is 48.9 Å². The third kappa shape index (κ3) is 6.15. The summed E-state index contributed by atoms with van der Waals surface area (Å²) in [6, 6.07) is 10.9. The molecule has 0 aliphatic rings. The molecule has 0 radical (unpaired) electrons. The molecule has 0 aliphatic heterocycles. The van der Waals surface area contributed by atoms with Crippen molar-refractivity contribution in [2.75, 3.05) is 27.2 Å². The second-order valence-corrected chi connectivity index (χ2v) is 5.87. The minimum atomic E-state index is -0.419. The molecule has 0 bridgehead atoms. The van der Waals surface area contributed by atoms with Crippen LogP contribution in [0.1, 0.15) is 11.1 Å². The third-order valence-corrected chi connectivity index (χ3v) is 3.73. The average Bonchev–Trinajstić information content (AvgIpc) is 2.56.